The van der Waals surface area contributed by atoms with Crippen LogP contribution >= 0.6 is 0 Å². The Hall–Kier alpha value is -4.33. The molecule has 0 aromatic heterocycles. The van der Waals surface area contributed by atoms with Crippen molar-refractivity contribution in [2.24, 2.45) is 17.3 Å². The van der Waals surface area contributed by atoms with Crippen LogP contribution in [-0.2, 0) is 8.85 Å². The lowest BCUT2D eigenvalue weighted by molar-refractivity contribution is 0.0378. The van der Waals surface area contributed by atoms with Gasteiger partial charge >= 0.3 is 0 Å². The third-order valence-corrected chi connectivity index (χ3v) is 18.0. The number of benzene rings is 6. The zero-order valence-electron chi connectivity index (χ0n) is 30.6. The van der Waals surface area contributed by atoms with Crippen LogP contribution in [0.5, 0.6) is 0 Å². The Morgan fingerprint density at radius 3 is 0.725 bits per heavy atom. The fourth-order valence-corrected chi connectivity index (χ4v) is 16.2. The minimum Gasteiger partial charge on any atom is -0.404 e. The van der Waals surface area contributed by atoms with Crippen LogP contribution in [0.4, 0.5) is 0 Å². The van der Waals surface area contributed by atoms with Crippen LogP contribution in [0.1, 0.15) is 40.5 Å². The molecule has 0 fully saturated rings. The maximum Gasteiger partial charge on any atom is 0.288 e. The molecule has 4 heteroatoms. The molecule has 0 unspecified atom stereocenters. The van der Waals surface area contributed by atoms with Gasteiger partial charge in [-0.05, 0) is 55.8 Å². The average molecular weight is 705 g/mol. The lowest BCUT2D eigenvalue weighted by Gasteiger charge is -2.44. The predicted molar refractivity (Wildman–Crippen MR) is 221 cm³/mol. The SMILES string of the molecule is CC(C)CC(CO[Si](c1ccccc1)(c1ccccc1)c1ccccc1)(CO[Si](c1ccccc1)(c1ccccc1)c1ccccc1)CC(C)C. The van der Waals surface area contributed by atoms with Crippen LogP contribution in [0.15, 0.2) is 182 Å². The van der Waals surface area contributed by atoms with Gasteiger partial charge in [0.05, 0.1) is 0 Å². The van der Waals surface area contributed by atoms with Gasteiger partial charge in [-0.3, -0.25) is 0 Å². The average Bonchev–Trinajstić information content (AvgIpc) is 3.17. The Labute approximate surface area is 308 Å². The highest BCUT2D eigenvalue weighted by atomic mass is 28.4. The monoisotopic (exact) mass is 704 g/mol. The van der Waals surface area contributed by atoms with Crippen molar-refractivity contribution >= 4 is 47.8 Å². The Morgan fingerprint density at radius 1 is 0.353 bits per heavy atom. The molecular weight excluding hydrogens is 653 g/mol. The molecule has 6 rings (SSSR count). The Balaban J connectivity index is 1.51. The maximum atomic E-state index is 7.81. The van der Waals surface area contributed by atoms with Gasteiger partial charge in [-0.1, -0.05) is 210 Å². The summed E-state index contributed by atoms with van der Waals surface area (Å²) >= 11 is 0. The van der Waals surface area contributed by atoms with Crippen molar-refractivity contribution in [1.29, 1.82) is 0 Å². The Bertz CT molecular complexity index is 1550. The molecule has 0 atom stereocenters. The summed E-state index contributed by atoms with van der Waals surface area (Å²) in [6.07, 6.45) is 1.99. The lowest BCUT2D eigenvalue weighted by atomic mass is 9.75. The molecule has 0 spiro atoms. The Morgan fingerprint density at radius 2 is 0.549 bits per heavy atom. The first kappa shape index (κ1) is 36.5. The summed E-state index contributed by atoms with van der Waals surface area (Å²) in [4.78, 5) is 0. The van der Waals surface area contributed by atoms with E-state index in [1.54, 1.807) is 0 Å². The first-order valence-electron chi connectivity index (χ1n) is 18.5. The van der Waals surface area contributed by atoms with Crippen LogP contribution in [0, 0.1) is 17.3 Å². The molecule has 0 saturated heterocycles. The van der Waals surface area contributed by atoms with E-state index in [1.807, 2.05) is 0 Å². The van der Waals surface area contributed by atoms with Gasteiger partial charge in [-0.15, -0.1) is 0 Å². The van der Waals surface area contributed by atoms with E-state index in [0.717, 1.165) is 12.8 Å². The fourth-order valence-electron chi connectivity index (χ4n) is 8.15. The second-order valence-corrected chi connectivity index (χ2v) is 21.6. The summed E-state index contributed by atoms with van der Waals surface area (Å²) in [5.74, 6) is 0.914. The predicted octanol–water partition coefficient (Wildman–Crippen LogP) is 7.43. The van der Waals surface area contributed by atoms with Crippen molar-refractivity contribution in [2.75, 3.05) is 13.2 Å². The molecule has 6 aromatic rings. The summed E-state index contributed by atoms with van der Waals surface area (Å²) in [6, 6.07) is 65.8. The third-order valence-electron chi connectivity index (χ3n) is 9.95. The van der Waals surface area contributed by atoms with Gasteiger partial charge in [0.1, 0.15) is 0 Å². The molecule has 0 aliphatic rings. The van der Waals surface area contributed by atoms with E-state index < -0.39 is 16.6 Å². The Kier molecular flexibility index (Phi) is 12.0. The van der Waals surface area contributed by atoms with Gasteiger partial charge in [0.2, 0.25) is 0 Å². The van der Waals surface area contributed by atoms with Gasteiger partial charge in [0.15, 0.2) is 0 Å². The minimum absolute atomic E-state index is 0.241. The number of rotatable bonds is 16. The zero-order chi connectivity index (χ0) is 35.6. The second kappa shape index (κ2) is 16.8. The van der Waals surface area contributed by atoms with Crippen LogP contribution in [0.25, 0.3) is 0 Å². The van der Waals surface area contributed by atoms with Crippen LogP contribution in [0.2, 0.25) is 0 Å². The van der Waals surface area contributed by atoms with Crippen molar-refractivity contribution in [3.63, 3.8) is 0 Å². The summed E-state index contributed by atoms with van der Waals surface area (Å²) < 4.78 is 15.6. The molecule has 0 heterocycles. The van der Waals surface area contributed by atoms with Crippen molar-refractivity contribution in [3.05, 3.63) is 182 Å². The van der Waals surface area contributed by atoms with Crippen molar-refractivity contribution in [2.45, 2.75) is 40.5 Å². The molecule has 0 N–H and O–H groups in total. The maximum absolute atomic E-state index is 7.81. The largest absolute Gasteiger partial charge is 0.404 e. The molecule has 51 heavy (non-hydrogen) atoms. The van der Waals surface area contributed by atoms with Crippen LogP contribution < -0.4 is 31.1 Å². The van der Waals surface area contributed by atoms with Gasteiger partial charge < -0.3 is 8.85 Å². The lowest BCUT2D eigenvalue weighted by Crippen LogP contribution is -2.71. The van der Waals surface area contributed by atoms with E-state index in [9.17, 15) is 0 Å². The third kappa shape index (κ3) is 8.11. The molecule has 0 amide bonds. The molecule has 260 valence electrons. The van der Waals surface area contributed by atoms with E-state index in [2.05, 4.69) is 210 Å². The van der Waals surface area contributed by atoms with Gasteiger partial charge in [-0.2, -0.15) is 0 Å². The quantitative estimate of drug-likeness (QED) is 0.0771. The summed E-state index contributed by atoms with van der Waals surface area (Å²) in [5, 5.41) is 7.54. The van der Waals surface area contributed by atoms with Crippen LogP contribution in [-0.4, -0.2) is 29.8 Å². The van der Waals surface area contributed by atoms with Crippen molar-refractivity contribution in [3.8, 4) is 0 Å². The first-order chi connectivity index (χ1) is 24.9. The zero-order valence-corrected chi connectivity index (χ0v) is 32.6. The molecule has 0 aliphatic heterocycles. The van der Waals surface area contributed by atoms with Crippen LogP contribution in [0.3, 0.4) is 0 Å². The highest BCUT2D eigenvalue weighted by Gasteiger charge is 2.48. The summed E-state index contributed by atoms with van der Waals surface area (Å²) in [7, 11) is -5.89. The first-order valence-corrected chi connectivity index (χ1v) is 22.3. The second-order valence-electron chi connectivity index (χ2n) is 14.8. The molecule has 6 aromatic carbocycles. The van der Waals surface area contributed by atoms with E-state index in [-0.39, 0.29) is 5.41 Å². The van der Waals surface area contributed by atoms with E-state index >= 15 is 0 Å². The van der Waals surface area contributed by atoms with Gasteiger partial charge in [-0.25, -0.2) is 0 Å². The topological polar surface area (TPSA) is 18.5 Å². The van der Waals surface area contributed by atoms with E-state index in [0.29, 0.717) is 25.0 Å². The molecule has 2 nitrogen and oxygen atoms in total. The normalized spacial score (nSPS) is 12.4. The summed E-state index contributed by atoms with van der Waals surface area (Å²) in [6.45, 7) is 10.6. The molecule has 0 radical (unpaired) electrons. The van der Waals surface area contributed by atoms with Crippen molar-refractivity contribution < 1.29 is 8.85 Å². The van der Waals surface area contributed by atoms with Crippen molar-refractivity contribution in [1.82, 2.24) is 0 Å². The minimum atomic E-state index is -2.95. The van der Waals surface area contributed by atoms with E-state index in [4.69, 9.17) is 8.85 Å². The van der Waals surface area contributed by atoms with Gasteiger partial charge in [0, 0.05) is 18.6 Å². The standard InChI is InChI=1S/C47H52O2Si2/c1-39(2)35-47(36-40(3)4,37-48-50(41-23-11-5-12-24-41,42-25-13-6-14-26-42)43-27-15-7-16-28-43)38-49-51(44-29-17-8-18-30-44,45-31-19-9-20-32-45)46-33-21-10-22-34-46/h5-34,39-40H,35-38H2,1-4H3. The summed E-state index contributed by atoms with van der Waals surface area (Å²) in [5.41, 5.74) is -0.241. The molecule has 0 saturated carbocycles. The number of hydrogen-bond donors (Lipinski definition) is 0. The highest BCUT2D eigenvalue weighted by molar-refractivity contribution is 7.07. The molecular formula is C47H52O2Si2. The number of hydrogen-bond acceptors (Lipinski definition) is 2. The van der Waals surface area contributed by atoms with E-state index in [1.165, 1.54) is 31.1 Å². The van der Waals surface area contributed by atoms with Gasteiger partial charge in [0.25, 0.3) is 16.6 Å². The molecule has 0 bridgehead atoms. The smallest absolute Gasteiger partial charge is 0.288 e. The fraction of sp³-hybridized carbons (Fsp3) is 0.234. The highest BCUT2D eigenvalue weighted by Crippen LogP contribution is 2.36. The molecule has 0 aliphatic carbocycles.